The molecule has 0 fully saturated rings. The maximum Gasteiger partial charge on any atom is 0.0717 e. The average Bonchev–Trinajstić information content (AvgIpc) is 2.78. The summed E-state index contributed by atoms with van der Waals surface area (Å²) in [6, 6.07) is 30.7. The molecule has 28 heavy (non-hydrogen) atoms. The summed E-state index contributed by atoms with van der Waals surface area (Å²) in [6.45, 7) is 0.554. The van der Waals surface area contributed by atoms with E-state index in [0.29, 0.717) is 19.4 Å². The Kier molecular flexibility index (Phi) is 7.76. The Hall–Kier alpha value is -2.03. The highest BCUT2D eigenvalue weighted by Crippen LogP contribution is 2.40. The first-order valence-corrected chi connectivity index (χ1v) is 11.0. The van der Waals surface area contributed by atoms with Gasteiger partial charge in [-0.1, -0.05) is 91.0 Å². The van der Waals surface area contributed by atoms with Crippen molar-refractivity contribution in [3.05, 3.63) is 96.6 Å². The second kappa shape index (κ2) is 10.5. The van der Waals surface area contributed by atoms with Gasteiger partial charge in [0.15, 0.2) is 0 Å². The quantitative estimate of drug-likeness (QED) is 0.519. The van der Waals surface area contributed by atoms with Crippen LogP contribution in [0.5, 0.6) is 0 Å². The van der Waals surface area contributed by atoms with E-state index in [0.717, 1.165) is 5.56 Å². The summed E-state index contributed by atoms with van der Waals surface area (Å²) in [7, 11) is -0.721. The number of hydrogen-bond donors (Lipinski definition) is 2. The molecular weight excluding hydrogens is 367 g/mol. The zero-order valence-corrected chi connectivity index (χ0v) is 16.8. The fourth-order valence-electron chi connectivity index (χ4n) is 3.13. The van der Waals surface area contributed by atoms with Crippen LogP contribution >= 0.6 is 7.92 Å². The molecule has 0 spiro atoms. The smallest absolute Gasteiger partial charge is 0.0717 e. The van der Waals surface area contributed by atoms with Crippen molar-refractivity contribution in [2.24, 2.45) is 5.41 Å². The molecule has 0 unspecified atom stereocenters. The number of aliphatic hydroxyl groups is 2. The van der Waals surface area contributed by atoms with Gasteiger partial charge in [0, 0.05) is 5.41 Å². The molecule has 0 atom stereocenters. The van der Waals surface area contributed by atoms with Crippen molar-refractivity contribution in [1.82, 2.24) is 0 Å². The summed E-state index contributed by atoms with van der Waals surface area (Å²) < 4.78 is 5.93. The molecular formula is C24H27O3P. The van der Waals surface area contributed by atoms with E-state index in [1.807, 2.05) is 66.7 Å². The minimum Gasteiger partial charge on any atom is -0.396 e. The highest BCUT2D eigenvalue weighted by atomic mass is 31.1. The largest absolute Gasteiger partial charge is 0.396 e. The molecule has 2 N–H and O–H groups in total. The summed E-state index contributed by atoms with van der Waals surface area (Å²) in [5.41, 5.74) is 0.396. The van der Waals surface area contributed by atoms with E-state index in [1.54, 1.807) is 0 Å². The van der Waals surface area contributed by atoms with E-state index < -0.39 is 13.3 Å². The first kappa shape index (κ1) is 20.7. The van der Waals surface area contributed by atoms with Crippen LogP contribution < -0.4 is 10.6 Å². The molecule has 0 heterocycles. The van der Waals surface area contributed by atoms with Crippen molar-refractivity contribution >= 4 is 18.5 Å². The molecule has 0 saturated heterocycles. The number of rotatable bonds is 10. The summed E-state index contributed by atoms with van der Waals surface area (Å²) in [6.07, 6.45) is 0.665. The molecule has 0 bridgehead atoms. The van der Waals surface area contributed by atoms with E-state index in [2.05, 4.69) is 24.3 Å². The summed E-state index contributed by atoms with van der Waals surface area (Å²) in [5.74, 6) is 0. The maximum absolute atomic E-state index is 10.2. The third-order valence-corrected chi connectivity index (χ3v) is 7.65. The average molecular weight is 394 g/mol. The number of ether oxygens (including phenoxy) is 1. The van der Waals surface area contributed by atoms with Crippen LogP contribution in [-0.4, -0.2) is 36.2 Å². The molecule has 3 aromatic rings. The van der Waals surface area contributed by atoms with Crippen LogP contribution in [0.3, 0.4) is 0 Å². The Morgan fingerprint density at radius 3 is 1.61 bits per heavy atom. The number of benzene rings is 3. The van der Waals surface area contributed by atoms with Crippen LogP contribution in [0, 0.1) is 5.41 Å². The van der Waals surface area contributed by atoms with Crippen LogP contribution in [0.15, 0.2) is 91.0 Å². The molecule has 0 saturated carbocycles. The van der Waals surface area contributed by atoms with Crippen LogP contribution in [0.2, 0.25) is 0 Å². The maximum atomic E-state index is 10.2. The topological polar surface area (TPSA) is 49.7 Å². The Bertz CT molecular complexity index is 766. The Morgan fingerprint density at radius 1 is 0.679 bits per heavy atom. The molecule has 4 heteroatoms. The Labute approximate surface area is 168 Å². The summed E-state index contributed by atoms with van der Waals surface area (Å²) >= 11 is 0. The van der Waals surface area contributed by atoms with E-state index >= 15 is 0 Å². The number of hydrogen-bond acceptors (Lipinski definition) is 3. The summed E-state index contributed by atoms with van der Waals surface area (Å²) in [5, 5.41) is 22.8. The van der Waals surface area contributed by atoms with Gasteiger partial charge in [0.1, 0.15) is 0 Å². The van der Waals surface area contributed by atoms with Crippen molar-refractivity contribution in [3.8, 4) is 0 Å². The lowest BCUT2D eigenvalue weighted by molar-refractivity contribution is -0.0195. The van der Waals surface area contributed by atoms with E-state index in [1.165, 1.54) is 10.6 Å². The first-order valence-electron chi connectivity index (χ1n) is 9.47. The van der Waals surface area contributed by atoms with Crippen molar-refractivity contribution < 1.29 is 14.9 Å². The summed E-state index contributed by atoms with van der Waals surface area (Å²) in [4.78, 5) is 0. The number of aliphatic hydroxyl groups excluding tert-OH is 2. The lowest BCUT2D eigenvalue weighted by Gasteiger charge is -2.34. The second-order valence-electron chi connectivity index (χ2n) is 7.05. The molecule has 3 rings (SSSR count). The van der Waals surface area contributed by atoms with Gasteiger partial charge in [-0.25, -0.2) is 0 Å². The van der Waals surface area contributed by atoms with Crippen molar-refractivity contribution in [2.75, 3.05) is 26.0 Å². The third kappa shape index (κ3) is 5.50. The van der Waals surface area contributed by atoms with Crippen LogP contribution in [0.1, 0.15) is 5.56 Å². The molecule has 0 aliphatic carbocycles. The van der Waals surface area contributed by atoms with Crippen LogP contribution in [0.25, 0.3) is 0 Å². The lowest BCUT2D eigenvalue weighted by atomic mass is 9.94. The molecule has 0 radical (unpaired) electrons. The molecule has 3 nitrogen and oxygen atoms in total. The van der Waals surface area contributed by atoms with Gasteiger partial charge < -0.3 is 14.9 Å². The standard InChI is InChI=1S/C24H27O3P/c25-17-24(18-26,19-27-16-21-10-4-1-5-11-21)20-28(22-12-6-2-7-13-22)23-14-8-3-9-15-23/h1-15,25-26H,16-20H2. The van der Waals surface area contributed by atoms with Gasteiger partial charge in [-0.3, -0.25) is 0 Å². The van der Waals surface area contributed by atoms with E-state index in [-0.39, 0.29) is 13.2 Å². The highest BCUT2D eigenvalue weighted by Gasteiger charge is 2.33. The Balaban J connectivity index is 1.78. The van der Waals surface area contributed by atoms with Gasteiger partial charge in [-0.2, -0.15) is 0 Å². The predicted octanol–water partition coefficient (Wildman–Crippen LogP) is 3.31. The lowest BCUT2D eigenvalue weighted by Crippen LogP contribution is -2.40. The van der Waals surface area contributed by atoms with Crippen molar-refractivity contribution in [2.45, 2.75) is 6.61 Å². The van der Waals surface area contributed by atoms with Crippen LogP contribution in [-0.2, 0) is 11.3 Å². The van der Waals surface area contributed by atoms with Gasteiger partial charge in [0.05, 0.1) is 26.4 Å². The predicted molar refractivity (Wildman–Crippen MR) is 117 cm³/mol. The molecule has 3 aromatic carbocycles. The minimum absolute atomic E-state index is 0.114. The van der Waals surface area contributed by atoms with Crippen LogP contribution in [0.4, 0.5) is 0 Å². The monoisotopic (exact) mass is 394 g/mol. The van der Waals surface area contributed by atoms with Crippen molar-refractivity contribution in [1.29, 1.82) is 0 Å². The van der Waals surface area contributed by atoms with E-state index in [9.17, 15) is 10.2 Å². The van der Waals surface area contributed by atoms with Gasteiger partial charge in [0.2, 0.25) is 0 Å². The van der Waals surface area contributed by atoms with E-state index in [4.69, 9.17) is 4.74 Å². The van der Waals surface area contributed by atoms with Gasteiger partial charge in [-0.05, 0) is 30.3 Å². The molecule has 0 amide bonds. The third-order valence-electron chi connectivity index (χ3n) is 4.82. The van der Waals surface area contributed by atoms with Gasteiger partial charge in [-0.15, -0.1) is 0 Å². The first-order chi connectivity index (χ1) is 13.8. The zero-order chi connectivity index (χ0) is 19.7. The Morgan fingerprint density at radius 2 is 1.14 bits per heavy atom. The highest BCUT2D eigenvalue weighted by molar-refractivity contribution is 7.73. The fraction of sp³-hybridized carbons (Fsp3) is 0.250. The second-order valence-corrected chi connectivity index (χ2v) is 9.26. The SMILES string of the molecule is OCC(CO)(COCc1ccccc1)CP(c1ccccc1)c1ccccc1. The fourth-order valence-corrected chi connectivity index (χ4v) is 5.82. The molecule has 0 aliphatic rings. The van der Waals surface area contributed by atoms with Crippen molar-refractivity contribution in [3.63, 3.8) is 0 Å². The molecule has 0 aliphatic heterocycles. The normalized spacial score (nSPS) is 11.7. The van der Waals surface area contributed by atoms with Gasteiger partial charge in [0.25, 0.3) is 0 Å². The zero-order valence-electron chi connectivity index (χ0n) is 15.9. The van der Waals surface area contributed by atoms with Gasteiger partial charge >= 0.3 is 0 Å². The molecule has 146 valence electrons. The molecule has 0 aromatic heterocycles. The minimum atomic E-state index is -0.721.